The molecular weight excluding hydrogens is 574 g/mol. The SMILES string of the molecule is C1=CC2C(C=N1)c1ccccc1N2c1ccc(-c2cc3ccccc3cc2-c2nc(-c3ccccc3)nc(-c3ccccc3)n2)cc1. The molecule has 6 aromatic carbocycles. The molecule has 5 nitrogen and oxygen atoms in total. The van der Waals surface area contributed by atoms with Gasteiger partial charge in [0, 0.05) is 46.4 Å². The normalized spacial score (nSPS) is 16.3. The van der Waals surface area contributed by atoms with Crippen molar-refractivity contribution in [3.05, 3.63) is 163 Å². The van der Waals surface area contributed by atoms with Gasteiger partial charge in [0.15, 0.2) is 17.5 Å². The van der Waals surface area contributed by atoms with Crippen LogP contribution in [0.25, 0.3) is 56.1 Å². The summed E-state index contributed by atoms with van der Waals surface area (Å²) >= 11 is 0. The molecule has 2 atom stereocenters. The number of hydrogen-bond acceptors (Lipinski definition) is 5. The smallest absolute Gasteiger partial charge is 0.164 e. The van der Waals surface area contributed by atoms with Crippen molar-refractivity contribution in [2.75, 3.05) is 4.90 Å². The Bertz CT molecular complexity index is 2250. The first-order chi connectivity index (χ1) is 23.3. The fraction of sp³-hybridized carbons (Fsp3) is 0.0476. The van der Waals surface area contributed by atoms with E-state index in [0.717, 1.165) is 38.9 Å². The first-order valence-corrected chi connectivity index (χ1v) is 15.9. The summed E-state index contributed by atoms with van der Waals surface area (Å²) in [4.78, 5) is 22.0. The van der Waals surface area contributed by atoms with Crippen molar-refractivity contribution < 1.29 is 0 Å². The summed E-state index contributed by atoms with van der Waals surface area (Å²) < 4.78 is 0. The summed E-state index contributed by atoms with van der Waals surface area (Å²) in [5.41, 5.74) is 8.72. The highest BCUT2D eigenvalue weighted by molar-refractivity contribution is 5.96. The Morgan fingerprint density at radius 3 is 1.74 bits per heavy atom. The summed E-state index contributed by atoms with van der Waals surface area (Å²) in [5, 5.41) is 2.30. The van der Waals surface area contributed by atoms with Crippen molar-refractivity contribution in [2.45, 2.75) is 12.0 Å². The maximum atomic E-state index is 5.09. The van der Waals surface area contributed by atoms with Crippen LogP contribution in [0.4, 0.5) is 11.4 Å². The maximum absolute atomic E-state index is 5.09. The molecule has 0 saturated heterocycles. The van der Waals surface area contributed by atoms with Crippen LogP contribution < -0.4 is 4.90 Å². The van der Waals surface area contributed by atoms with Crippen LogP contribution >= 0.6 is 0 Å². The van der Waals surface area contributed by atoms with Gasteiger partial charge in [-0.05, 0) is 63.9 Å². The maximum Gasteiger partial charge on any atom is 0.164 e. The lowest BCUT2D eigenvalue weighted by atomic mass is 9.94. The molecule has 0 fully saturated rings. The van der Waals surface area contributed by atoms with Gasteiger partial charge in [-0.1, -0.05) is 115 Å². The molecule has 7 aromatic rings. The molecule has 1 aromatic heterocycles. The van der Waals surface area contributed by atoms with E-state index < -0.39 is 0 Å². The zero-order valence-corrected chi connectivity index (χ0v) is 25.5. The number of para-hydroxylation sites is 1. The van der Waals surface area contributed by atoms with Gasteiger partial charge in [0.2, 0.25) is 0 Å². The van der Waals surface area contributed by atoms with Crippen molar-refractivity contribution in [1.82, 2.24) is 15.0 Å². The van der Waals surface area contributed by atoms with Gasteiger partial charge >= 0.3 is 0 Å². The minimum Gasteiger partial charge on any atom is -0.333 e. The van der Waals surface area contributed by atoms with Gasteiger partial charge < -0.3 is 4.90 Å². The Labute approximate surface area is 273 Å². The van der Waals surface area contributed by atoms with Crippen molar-refractivity contribution in [2.24, 2.45) is 4.99 Å². The highest BCUT2D eigenvalue weighted by Crippen LogP contribution is 2.46. The molecule has 0 amide bonds. The molecule has 47 heavy (non-hydrogen) atoms. The molecule has 2 aliphatic heterocycles. The molecule has 9 rings (SSSR count). The van der Waals surface area contributed by atoms with Crippen LogP contribution in [0.1, 0.15) is 11.5 Å². The predicted octanol–water partition coefficient (Wildman–Crippen LogP) is 9.89. The van der Waals surface area contributed by atoms with Crippen LogP contribution in [-0.2, 0) is 0 Å². The highest BCUT2D eigenvalue weighted by atomic mass is 15.2. The van der Waals surface area contributed by atoms with Gasteiger partial charge in [-0.15, -0.1) is 0 Å². The predicted molar refractivity (Wildman–Crippen MR) is 192 cm³/mol. The topological polar surface area (TPSA) is 54.3 Å². The van der Waals surface area contributed by atoms with Gasteiger partial charge in [0.25, 0.3) is 0 Å². The Morgan fingerprint density at radius 2 is 1.06 bits per heavy atom. The molecule has 0 radical (unpaired) electrons. The van der Waals surface area contributed by atoms with E-state index in [1.165, 1.54) is 16.6 Å². The van der Waals surface area contributed by atoms with Crippen molar-refractivity contribution in [1.29, 1.82) is 0 Å². The molecule has 2 aliphatic rings. The van der Waals surface area contributed by atoms with E-state index in [1.807, 2.05) is 66.9 Å². The van der Waals surface area contributed by atoms with Crippen LogP contribution in [0, 0.1) is 0 Å². The average molecular weight is 604 g/mol. The van der Waals surface area contributed by atoms with E-state index >= 15 is 0 Å². The van der Waals surface area contributed by atoms with Crippen molar-refractivity contribution in [3.8, 4) is 45.3 Å². The molecule has 0 aliphatic carbocycles. The van der Waals surface area contributed by atoms with Crippen molar-refractivity contribution in [3.63, 3.8) is 0 Å². The zero-order chi connectivity index (χ0) is 31.2. The van der Waals surface area contributed by atoms with E-state index in [0.29, 0.717) is 17.5 Å². The monoisotopic (exact) mass is 603 g/mol. The number of aliphatic imine (C=N–C) groups is 1. The van der Waals surface area contributed by atoms with Crippen LogP contribution in [0.3, 0.4) is 0 Å². The minimum absolute atomic E-state index is 0.199. The third kappa shape index (κ3) is 4.80. The Hall–Kier alpha value is -6.20. The van der Waals surface area contributed by atoms with Gasteiger partial charge in [-0.3, -0.25) is 4.99 Å². The lowest BCUT2D eigenvalue weighted by molar-refractivity contribution is 0.780. The fourth-order valence-electron chi connectivity index (χ4n) is 6.85. The third-order valence-electron chi connectivity index (χ3n) is 9.12. The van der Waals surface area contributed by atoms with Gasteiger partial charge in [-0.2, -0.15) is 0 Å². The number of anilines is 2. The Kier molecular flexibility index (Phi) is 6.53. The van der Waals surface area contributed by atoms with E-state index in [2.05, 4.69) is 107 Å². The molecular formula is C42H29N5. The molecule has 2 unspecified atom stereocenters. The molecule has 0 N–H and O–H groups in total. The second-order valence-corrected chi connectivity index (χ2v) is 11.9. The number of rotatable bonds is 5. The molecule has 0 saturated carbocycles. The van der Waals surface area contributed by atoms with E-state index in [1.54, 1.807) is 0 Å². The summed E-state index contributed by atoms with van der Waals surface area (Å²) in [7, 11) is 0. The van der Waals surface area contributed by atoms with Gasteiger partial charge in [0.05, 0.1) is 6.04 Å². The number of nitrogens with zero attached hydrogens (tertiary/aromatic N) is 5. The number of hydrogen-bond donors (Lipinski definition) is 0. The largest absolute Gasteiger partial charge is 0.333 e. The number of fused-ring (bicyclic) bond motifs is 4. The Balaban J connectivity index is 1.20. The van der Waals surface area contributed by atoms with Crippen LogP contribution in [0.2, 0.25) is 0 Å². The summed E-state index contributed by atoms with van der Waals surface area (Å²) in [6.07, 6.45) is 6.19. The van der Waals surface area contributed by atoms with Crippen LogP contribution in [-0.4, -0.2) is 27.2 Å². The fourth-order valence-corrected chi connectivity index (χ4v) is 6.85. The summed E-state index contributed by atoms with van der Waals surface area (Å²) in [5.74, 6) is 2.18. The molecule has 5 heteroatoms. The van der Waals surface area contributed by atoms with Crippen molar-refractivity contribution >= 4 is 28.4 Å². The standard InChI is InChI=1S/C42H29N5/c1-3-11-29(12-4-1)40-44-41(30-13-5-2-6-14-30)46-42(45-40)36-26-32-16-8-7-15-31(32)25-35(36)28-19-21-33(22-20-28)47-38-18-10-9-17-34(38)37-27-43-24-23-39(37)47/h1-27,37,39H. The first-order valence-electron chi connectivity index (χ1n) is 15.9. The summed E-state index contributed by atoms with van der Waals surface area (Å²) in [6, 6.07) is 50.9. The van der Waals surface area contributed by atoms with E-state index in [4.69, 9.17) is 15.0 Å². The van der Waals surface area contributed by atoms with Gasteiger partial charge in [-0.25, -0.2) is 15.0 Å². The van der Waals surface area contributed by atoms with E-state index in [-0.39, 0.29) is 12.0 Å². The first kappa shape index (κ1) is 27.1. The second-order valence-electron chi connectivity index (χ2n) is 11.9. The van der Waals surface area contributed by atoms with Crippen LogP contribution in [0.15, 0.2) is 163 Å². The zero-order valence-electron chi connectivity index (χ0n) is 25.5. The van der Waals surface area contributed by atoms with Gasteiger partial charge in [0.1, 0.15) is 0 Å². The third-order valence-corrected chi connectivity index (χ3v) is 9.12. The van der Waals surface area contributed by atoms with E-state index in [9.17, 15) is 0 Å². The second kappa shape index (κ2) is 11.3. The minimum atomic E-state index is 0.199. The Morgan fingerprint density at radius 1 is 0.489 bits per heavy atom. The highest BCUT2D eigenvalue weighted by Gasteiger charge is 2.37. The lowest BCUT2D eigenvalue weighted by Crippen LogP contribution is -2.29. The molecule has 0 spiro atoms. The van der Waals surface area contributed by atoms with Crippen LogP contribution in [0.5, 0.6) is 0 Å². The molecule has 0 bridgehead atoms. The summed E-state index contributed by atoms with van der Waals surface area (Å²) in [6.45, 7) is 0. The lowest BCUT2D eigenvalue weighted by Gasteiger charge is -2.28. The number of benzene rings is 6. The quantitative estimate of drug-likeness (QED) is 0.197. The number of aromatic nitrogens is 3. The average Bonchev–Trinajstić information content (AvgIpc) is 3.49. The molecule has 222 valence electrons. The molecule has 3 heterocycles.